The van der Waals surface area contributed by atoms with Gasteiger partial charge in [-0.15, -0.1) is 0 Å². The van der Waals surface area contributed by atoms with Crippen LogP contribution >= 0.6 is 11.6 Å². The van der Waals surface area contributed by atoms with Gasteiger partial charge >= 0.3 is 0 Å². The smallest absolute Gasteiger partial charge is 0.246 e. The van der Waals surface area contributed by atoms with Crippen LogP contribution in [0.1, 0.15) is 12.8 Å². The fraction of sp³-hybridized carbons (Fsp3) is 0.462. The standard InChI is InChI=1S/C13H16ClNO5S/c1-20-11-5-4-10(14)7-12(11)21(18,19)15-6-2-3-9(8-15)13(16)17/h4-5,7,9H,2-3,6,8H2,1H3,(H,16,17)/p-1/t9-/m1/s1. The molecular weight excluding hydrogens is 318 g/mol. The maximum Gasteiger partial charge on any atom is 0.246 e. The summed E-state index contributed by atoms with van der Waals surface area (Å²) >= 11 is 5.86. The molecule has 0 spiro atoms. The van der Waals surface area contributed by atoms with Crippen molar-refractivity contribution in [1.82, 2.24) is 4.31 Å². The molecule has 116 valence electrons. The van der Waals surface area contributed by atoms with Gasteiger partial charge in [-0.3, -0.25) is 0 Å². The summed E-state index contributed by atoms with van der Waals surface area (Å²) in [4.78, 5) is 10.9. The second-order valence-electron chi connectivity index (χ2n) is 4.82. The molecule has 0 saturated carbocycles. The van der Waals surface area contributed by atoms with Gasteiger partial charge in [0.05, 0.1) is 7.11 Å². The maximum absolute atomic E-state index is 12.7. The first kappa shape index (κ1) is 16.1. The van der Waals surface area contributed by atoms with E-state index in [0.717, 1.165) is 4.31 Å². The van der Waals surface area contributed by atoms with Crippen LogP contribution in [0, 0.1) is 5.92 Å². The van der Waals surface area contributed by atoms with Crippen molar-refractivity contribution in [1.29, 1.82) is 0 Å². The minimum absolute atomic E-state index is 0.0588. The van der Waals surface area contributed by atoms with E-state index in [2.05, 4.69) is 0 Å². The van der Waals surface area contributed by atoms with Crippen molar-refractivity contribution >= 4 is 27.6 Å². The second-order valence-corrected chi connectivity index (χ2v) is 7.16. The largest absolute Gasteiger partial charge is 0.550 e. The van der Waals surface area contributed by atoms with E-state index in [-0.39, 0.29) is 28.8 Å². The molecule has 1 aromatic rings. The van der Waals surface area contributed by atoms with Crippen LogP contribution in [0.2, 0.25) is 5.02 Å². The number of methoxy groups -OCH3 is 1. The number of sulfonamides is 1. The molecule has 1 atom stereocenters. The summed E-state index contributed by atoms with van der Waals surface area (Å²) in [5.41, 5.74) is 0. The zero-order chi connectivity index (χ0) is 15.6. The summed E-state index contributed by atoms with van der Waals surface area (Å²) < 4.78 is 31.5. The van der Waals surface area contributed by atoms with E-state index in [4.69, 9.17) is 16.3 Å². The van der Waals surface area contributed by atoms with Crippen molar-refractivity contribution in [3.8, 4) is 5.75 Å². The third kappa shape index (κ3) is 3.30. The number of piperidine rings is 1. The molecule has 1 aromatic carbocycles. The molecule has 0 unspecified atom stereocenters. The Morgan fingerprint density at radius 2 is 2.19 bits per heavy atom. The quantitative estimate of drug-likeness (QED) is 0.801. The summed E-state index contributed by atoms with van der Waals surface area (Å²) in [6.45, 7) is 0.169. The Bertz CT molecular complexity index is 646. The number of halogens is 1. The molecule has 0 N–H and O–H groups in total. The molecule has 1 aliphatic heterocycles. The van der Waals surface area contributed by atoms with Gasteiger partial charge in [0.15, 0.2) is 0 Å². The molecule has 1 aliphatic rings. The predicted octanol–water partition coefficient (Wildman–Crippen LogP) is 0.499. The van der Waals surface area contributed by atoms with E-state index in [1.807, 2.05) is 0 Å². The molecule has 1 saturated heterocycles. The molecule has 0 amide bonds. The fourth-order valence-electron chi connectivity index (χ4n) is 2.34. The molecule has 8 heteroatoms. The van der Waals surface area contributed by atoms with Crippen molar-refractivity contribution in [3.63, 3.8) is 0 Å². The number of benzene rings is 1. The number of rotatable bonds is 4. The number of aliphatic carboxylic acids is 1. The lowest BCUT2D eigenvalue weighted by Gasteiger charge is -2.32. The van der Waals surface area contributed by atoms with E-state index >= 15 is 0 Å². The summed E-state index contributed by atoms with van der Waals surface area (Å²) in [6.07, 6.45) is 0.891. The molecule has 6 nitrogen and oxygen atoms in total. The van der Waals surface area contributed by atoms with Crippen molar-refractivity contribution in [2.75, 3.05) is 20.2 Å². The topological polar surface area (TPSA) is 86.7 Å². The normalized spacial score (nSPS) is 20.2. The Balaban J connectivity index is 2.38. The number of hydrogen-bond acceptors (Lipinski definition) is 5. The van der Waals surface area contributed by atoms with Crippen LogP contribution in [0.15, 0.2) is 23.1 Å². The SMILES string of the molecule is COc1ccc(Cl)cc1S(=O)(=O)N1CCC[C@@H](C(=O)[O-])C1. The van der Waals surface area contributed by atoms with Gasteiger partial charge in [0, 0.05) is 30.0 Å². The highest BCUT2D eigenvalue weighted by molar-refractivity contribution is 7.89. The lowest BCUT2D eigenvalue weighted by atomic mass is 10.0. The molecule has 21 heavy (non-hydrogen) atoms. The Hall–Kier alpha value is -1.31. The van der Waals surface area contributed by atoms with Gasteiger partial charge in [0.1, 0.15) is 10.6 Å². The number of hydrogen-bond donors (Lipinski definition) is 0. The molecule has 0 bridgehead atoms. The Kier molecular flexibility index (Phi) is 4.75. The van der Waals surface area contributed by atoms with Crippen LogP contribution in [0.4, 0.5) is 0 Å². The summed E-state index contributed by atoms with van der Waals surface area (Å²) in [6, 6.07) is 4.30. The van der Waals surface area contributed by atoms with Crippen LogP contribution in [0.25, 0.3) is 0 Å². The molecule has 0 aliphatic carbocycles. The Labute approximate surface area is 128 Å². The number of carboxylic acids is 1. The monoisotopic (exact) mass is 332 g/mol. The highest BCUT2D eigenvalue weighted by Crippen LogP contribution is 2.31. The third-order valence-electron chi connectivity index (χ3n) is 3.46. The lowest BCUT2D eigenvalue weighted by Crippen LogP contribution is -2.46. The van der Waals surface area contributed by atoms with E-state index in [1.165, 1.54) is 25.3 Å². The minimum Gasteiger partial charge on any atom is -0.550 e. The van der Waals surface area contributed by atoms with Gasteiger partial charge in [0.2, 0.25) is 10.0 Å². The Morgan fingerprint density at radius 1 is 1.48 bits per heavy atom. The Morgan fingerprint density at radius 3 is 2.81 bits per heavy atom. The predicted molar refractivity (Wildman–Crippen MR) is 74.5 cm³/mol. The molecule has 2 rings (SSSR count). The second kappa shape index (κ2) is 6.21. The molecule has 0 aromatic heterocycles. The highest BCUT2D eigenvalue weighted by Gasteiger charge is 2.32. The van der Waals surface area contributed by atoms with Crippen molar-refractivity contribution in [3.05, 3.63) is 23.2 Å². The van der Waals surface area contributed by atoms with Crippen molar-refractivity contribution in [2.24, 2.45) is 5.92 Å². The fourth-order valence-corrected chi connectivity index (χ4v) is 4.29. The van der Waals surface area contributed by atoms with E-state index in [9.17, 15) is 18.3 Å². The first-order chi connectivity index (χ1) is 9.86. The summed E-state index contributed by atoms with van der Waals surface area (Å²) in [5.74, 6) is -1.85. The zero-order valence-corrected chi connectivity index (χ0v) is 13.0. The first-order valence-corrected chi connectivity index (χ1v) is 8.22. The van der Waals surface area contributed by atoms with Crippen LogP contribution in [-0.4, -0.2) is 38.9 Å². The van der Waals surface area contributed by atoms with Gasteiger partial charge in [-0.1, -0.05) is 11.6 Å². The minimum atomic E-state index is -3.86. The van der Waals surface area contributed by atoms with Crippen LogP contribution in [0.3, 0.4) is 0 Å². The molecule has 0 radical (unpaired) electrons. The van der Waals surface area contributed by atoms with E-state index in [1.54, 1.807) is 0 Å². The van der Waals surface area contributed by atoms with Crippen molar-refractivity contribution in [2.45, 2.75) is 17.7 Å². The van der Waals surface area contributed by atoms with Gasteiger partial charge in [-0.2, -0.15) is 4.31 Å². The number of carbonyl (C=O) groups excluding carboxylic acids is 1. The van der Waals surface area contributed by atoms with Crippen LogP contribution in [-0.2, 0) is 14.8 Å². The molecule has 1 fully saturated rings. The summed E-state index contributed by atoms with van der Waals surface area (Å²) in [7, 11) is -2.50. The van der Waals surface area contributed by atoms with E-state index in [0.29, 0.717) is 12.8 Å². The number of carbonyl (C=O) groups is 1. The first-order valence-electron chi connectivity index (χ1n) is 6.41. The number of ether oxygens (including phenoxy) is 1. The van der Waals surface area contributed by atoms with Crippen LogP contribution in [0.5, 0.6) is 5.75 Å². The van der Waals surface area contributed by atoms with Gasteiger partial charge in [-0.25, -0.2) is 8.42 Å². The van der Waals surface area contributed by atoms with E-state index < -0.39 is 21.9 Å². The maximum atomic E-state index is 12.7. The average molecular weight is 333 g/mol. The summed E-state index contributed by atoms with van der Waals surface area (Å²) in [5, 5.41) is 11.2. The van der Waals surface area contributed by atoms with Gasteiger partial charge in [0.25, 0.3) is 0 Å². The zero-order valence-electron chi connectivity index (χ0n) is 11.4. The van der Waals surface area contributed by atoms with Gasteiger partial charge in [-0.05, 0) is 31.0 Å². The number of nitrogens with zero attached hydrogens (tertiary/aromatic N) is 1. The number of carboxylic acid groups (broad SMARTS) is 1. The van der Waals surface area contributed by atoms with Crippen molar-refractivity contribution < 1.29 is 23.1 Å². The van der Waals surface area contributed by atoms with Crippen LogP contribution < -0.4 is 9.84 Å². The highest BCUT2D eigenvalue weighted by atomic mass is 35.5. The molecular formula is C13H15ClNO5S-. The van der Waals surface area contributed by atoms with Gasteiger partial charge < -0.3 is 14.6 Å². The average Bonchev–Trinajstić information content (AvgIpc) is 2.47. The lowest BCUT2D eigenvalue weighted by molar-refractivity contribution is -0.312. The molecule has 1 heterocycles. The third-order valence-corrected chi connectivity index (χ3v) is 5.58.